The van der Waals surface area contributed by atoms with Gasteiger partial charge in [-0.2, -0.15) is 13.2 Å². The van der Waals surface area contributed by atoms with Crippen molar-refractivity contribution >= 4 is 11.5 Å². The van der Waals surface area contributed by atoms with E-state index in [1.165, 1.54) is 0 Å². The molecule has 0 aliphatic carbocycles. The normalized spacial score (nSPS) is 23.5. The number of halogens is 3. The molecule has 0 saturated carbocycles. The molecule has 0 spiro atoms. The molecule has 158 valence electrons. The zero-order valence-electron chi connectivity index (χ0n) is 17.2. The summed E-state index contributed by atoms with van der Waals surface area (Å²) >= 11 is 0. The average Bonchev–Trinajstić information content (AvgIpc) is 3.30. The van der Waals surface area contributed by atoms with Gasteiger partial charge in [-0.1, -0.05) is 91.0 Å². The van der Waals surface area contributed by atoms with E-state index in [1.54, 1.807) is 30.3 Å². The highest BCUT2D eigenvalue weighted by atomic mass is 19.4. The minimum Gasteiger partial charge on any atom is -0.347 e. The number of ketones is 1. The molecule has 1 saturated heterocycles. The fraction of sp³-hybridized carbons (Fsp3) is 0.192. The van der Waals surface area contributed by atoms with Crippen molar-refractivity contribution in [2.24, 2.45) is 0 Å². The second kappa shape index (κ2) is 7.41. The lowest BCUT2D eigenvalue weighted by Gasteiger charge is -2.18. The number of benzene rings is 3. The van der Waals surface area contributed by atoms with Crippen LogP contribution in [0, 0.1) is 0 Å². The smallest absolute Gasteiger partial charge is 0.347 e. The molecule has 0 radical (unpaired) electrons. The SMILES string of the molecule is C[C@]1(c2ccccc2)N(/C(=C\C(=O)C(F)(F)F)c2ccccc2)[C@@]1(C)c1ccccc1. The maximum atomic E-state index is 13.2. The first kappa shape index (κ1) is 20.9. The standard InChI is InChI=1S/C26H22F3NO/c1-24(20-14-8-4-9-15-20)25(2,21-16-10-5-11-17-21)30(24)22(18-23(31)26(27,28)29)19-12-6-3-7-13-19/h3-18H,1-2H3/b22-18-/t24-,25+,30?. The monoisotopic (exact) mass is 421 g/mol. The van der Waals surface area contributed by atoms with Crippen molar-refractivity contribution < 1.29 is 18.0 Å². The van der Waals surface area contributed by atoms with Gasteiger partial charge in [0.25, 0.3) is 5.78 Å². The van der Waals surface area contributed by atoms with Crippen molar-refractivity contribution in [2.45, 2.75) is 31.1 Å². The number of allylic oxidation sites excluding steroid dienone is 1. The zero-order chi connectivity index (χ0) is 22.3. The molecule has 3 aromatic rings. The number of carbonyl (C=O) groups is 1. The van der Waals surface area contributed by atoms with Gasteiger partial charge >= 0.3 is 6.18 Å². The van der Waals surface area contributed by atoms with Crippen LogP contribution < -0.4 is 0 Å². The summed E-state index contributed by atoms with van der Waals surface area (Å²) in [6.07, 6.45) is -4.22. The minimum absolute atomic E-state index is 0.251. The van der Waals surface area contributed by atoms with Gasteiger partial charge in [-0.3, -0.25) is 4.79 Å². The fourth-order valence-corrected chi connectivity index (χ4v) is 4.53. The van der Waals surface area contributed by atoms with Gasteiger partial charge in [-0.05, 0) is 30.5 Å². The third kappa shape index (κ3) is 3.34. The van der Waals surface area contributed by atoms with Crippen molar-refractivity contribution in [3.05, 3.63) is 114 Å². The second-order valence-corrected chi connectivity index (χ2v) is 7.97. The molecular weight excluding hydrogens is 399 g/mol. The van der Waals surface area contributed by atoms with Crippen LogP contribution in [0.3, 0.4) is 0 Å². The molecule has 1 aliphatic rings. The summed E-state index contributed by atoms with van der Waals surface area (Å²) in [6, 6.07) is 28.1. The van der Waals surface area contributed by atoms with Gasteiger partial charge in [0.1, 0.15) is 0 Å². The van der Waals surface area contributed by atoms with Crippen molar-refractivity contribution in [2.75, 3.05) is 0 Å². The molecule has 5 heteroatoms. The summed E-state index contributed by atoms with van der Waals surface area (Å²) in [6.45, 7) is 4.01. The third-order valence-electron chi connectivity index (χ3n) is 6.32. The Morgan fingerprint density at radius 1 is 0.742 bits per heavy atom. The van der Waals surface area contributed by atoms with E-state index in [4.69, 9.17) is 0 Å². The molecular formula is C26H22F3NO. The maximum Gasteiger partial charge on any atom is 0.454 e. The topological polar surface area (TPSA) is 20.1 Å². The molecule has 1 fully saturated rings. The lowest BCUT2D eigenvalue weighted by molar-refractivity contribution is -0.165. The first-order valence-electron chi connectivity index (χ1n) is 10.0. The van der Waals surface area contributed by atoms with E-state index in [-0.39, 0.29) is 5.70 Å². The van der Waals surface area contributed by atoms with Crippen LogP contribution >= 0.6 is 0 Å². The first-order valence-corrected chi connectivity index (χ1v) is 10.0. The van der Waals surface area contributed by atoms with Crippen LogP contribution in [0.5, 0.6) is 0 Å². The van der Waals surface area contributed by atoms with Crippen molar-refractivity contribution in [3.8, 4) is 0 Å². The Kier molecular flexibility index (Phi) is 5.00. The minimum atomic E-state index is -4.94. The summed E-state index contributed by atoms with van der Waals surface area (Å²) in [5.41, 5.74) is 1.43. The van der Waals surface area contributed by atoms with E-state index >= 15 is 0 Å². The molecule has 2 nitrogen and oxygen atoms in total. The third-order valence-corrected chi connectivity index (χ3v) is 6.32. The Morgan fingerprint density at radius 3 is 1.52 bits per heavy atom. The van der Waals surface area contributed by atoms with Gasteiger partial charge in [0, 0.05) is 11.8 Å². The van der Waals surface area contributed by atoms with Crippen LogP contribution in [-0.2, 0) is 15.9 Å². The van der Waals surface area contributed by atoms with Gasteiger partial charge in [0.05, 0.1) is 11.1 Å². The van der Waals surface area contributed by atoms with E-state index in [2.05, 4.69) is 0 Å². The van der Waals surface area contributed by atoms with Gasteiger partial charge in [0.2, 0.25) is 0 Å². The highest BCUT2D eigenvalue weighted by molar-refractivity contribution is 6.00. The number of hydrogen-bond donors (Lipinski definition) is 0. The molecule has 0 aromatic heterocycles. The van der Waals surface area contributed by atoms with Crippen LogP contribution in [0.4, 0.5) is 13.2 Å². The molecule has 4 rings (SSSR count). The predicted molar refractivity (Wildman–Crippen MR) is 115 cm³/mol. The summed E-state index contributed by atoms with van der Waals surface area (Å²) < 4.78 is 39.7. The quantitative estimate of drug-likeness (QED) is 0.356. The Bertz CT molecular complexity index is 1060. The van der Waals surface area contributed by atoms with E-state index < -0.39 is 23.0 Å². The van der Waals surface area contributed by atoms with Crippen LogP contribution in [0.15, 0.2) is 97.1 Å². The largest absolute Gasteiger partial charge is 0.454 e. The first-order chi connectivity index (χ1) is 14.7. The summed E-state index contributed by atoms with van der Waals surface area (Å²) in [4.78, 5) is 14.0. The van der Waals surface area contributed by atoms with Crippen LogP contribution in [0.1, 0.15) is 30.5 Å². The molecule has 0 amide bonds. The predicted octanol–water partition coefficient (Wildman–Crippen LogP) is 6.31. The zero-order valence-corrected chi connectivity index (χ0v) is 17.2. The molecule has 0 unspecified atom stereocenters. The number of rotatable bonds is 5. The summed E-state index contributed by atoms with van der Waals surface area (Å²) in [7, 11) is 0. The van der Waals surface area contributed by atoms with Crippen molar-refractivity contribution in [1.29, 1.82) is 0 Å². The van der Waals surface area contributed by atoms with Gasteiger partial charge < -0.3 is 4.90 Å². The second-order valence-electron chi connectivity index (χ2n) is 7.97. The Morgan fingerprint density at radius 2 is 1.13 bits per heavy atom. The van der Waals surface area contributed by atoms with Crippen LogP contribution in [-0.4, -0.2) is 16.9 Å². The molecule has 0 N–H and O–H groups in total. The van der Waals surface area contributed by atoms with E-state index in [1.807, 2.05) is 79.4 Å². The van der Waals surface area contributed by atoms with Crippen LogP contribution in [0.25, 0.3) is 5.70 Å². The number of nitrogens with zero attached hydrogens (tertiary/aromatic N) is 1. The number of hydrogen-bond acceptors (Lipinski definition) is 2. The molecule has 1 aliphatic heterocycles. The molecule has 0 bridgehead atoms. The highest BCUT2D eigenvalue weighted by Gasteiger charge is 2.71. The molecule has 31 heavy (non-hydrogen) atoms. The molecule has 2 atom stereocenters. The van der Waals surface area contributed by atoms with Gasteiger partial charge in [-0.15, -0.1) is 0 Å². The Labute approximate surface area is 179 Å². The summed E-state index contributed by atoms with van der Waals surface area (Å²) in [5, 5.41) is 0. The van der Waals surface area contributed by atoms with E-state index in [9.17, 15) is 18.0 Å². The fourth-order valence-electron chi connectivity index (χ4n) is 4.53. The Balaban J connectivity index is 1.94. The summed E-state index contributed by atoms with van der Waals surface area (Å²) in [5.74, 6) is -1.87. The lowest BCUT2D eigenvalue weighted by Crippen LogP contribution is -2.22. The van der Waals surface area contributed by atoms with Crippen LogP contribution in [0.2, 0.25) is 0 Å². The average molecular weight is 421 g/mol. The molecule has 1 heterocycles. The number of alkyl halides is 3. The number of carbonyl (C=O) groups excluding carboxylic acids is 1. The van der Waals surface area contributed by atoms with Gasteiger partial charge in [0.15, 0.2) is 0 Å². The van der Waals surface area contributed by atoms with Gasteiger partial charge in [-0.25, -0.2) is 0 Å². The van der Waals surface area contributed by atoms with E-state index in [0.717, 1.165) is 17.2 Å². The molecule has 3 aromatic carbocycles. The van der Waals surface area contributed by atoms with Crippen molar-refractivity contribution in [3.63, 3.8) is 0 Å². The maximum absolute atomic E-state index is 13.2. The van der Waals surface area contributed by atoms with E-state index in [0.29, 0.717) is 5.56 Å². The van der Waals surface area contributed by atoms with Crippen molar-refractivity contribution in [1.82, 2.24) is 4.90 Å². The Hall–Kier alpha value is -3.34. The highest BCUT2D eigenvalue weighted by Crippen LogP contribution is 2.68. The lowest BCUT2D eigenvalue weighted by atomic mass is 9.84.